The number of fused-ring (bicyclic) bond motifs is 1. The molecule has 1 aromatic carbocycles. The fraction of sp³-hybridized carbons (Fsp3) is 0.583. The van der Waals surface area contributed by atoms with Gasteiger partial charge in [-0.25, -0.2) is 0 Å². The number of rotatable bonds is 3. The number of nitrogens with zero attached hydrogens (tertiary/aromatic N) is 1. The third-order valence-electron chi connectivity index (χ3n) is 7.01. The smallest absolute Gasteiger partial charge is 0.234 e. The molecule has 2 unspecified atom stereocenters. The average Bonchev–Trinajstić information content (AvgIpc) is 3.28. The van der Waals surface area contributed by atoms with Gasteiger partial charge in [0, 0.05) is 22.8 Å². The summed E-state index contributed by atoms with van der Waals surface area (Å²) in [5.74, 6) is -1.01. The van der Waals surface area contributed by atoms with Crippen LogP contribution in [0.25, 0.3) is 0 Å². The largest absolute Gasteiger partial charge is 0.360 e. The Hall–Kier alpha value is -2.18. The highest BCUT2D eigenvalue weighted by Crippen LogP contribution is 2.52. The number of ether oxygens (including phenoxy) is 1. The highest BCUT2D eigenvalue weighted by Gasteiger charge is 2.67. The van der Waals surface area contributed by atoms with Gasteiger partial charge in [-0.05, 0) is 52.7 Å². The predicted octanol–water partition coefficient (Wildman–Crippen LogP) is 2.40. The normalized spacial score (nSPS) is 36.2. The molecule has 4 aliphatic heterocycles. The van der Waals surface area contributed by atoms with Crippen LogP contribution in [0.4, 0.5) is 5.69 Å². The molecule has 4 heterocycles. The van der Waals surface area contributed by atoms with Gasteiger partial charge in [-0.15, -0.1) is 0 Å². The second-order valence-electron chi connectivity index (χ2n) is 10.7. The summed E-state index contributed by atoms with van der Waals surface area (Å²) in [6.07, 6.45) is 5.37. The Morgan fingerprint density at radius 3 is 2.47 bits per heavy atom. The highest BCUT2D eigenvalue weighted by molar-refractivity contribution is 6.03. The maximum atomic E-state index is 13.4. The molecule has 0 aromatic heterocycles. The third kappa shape index (κ3) is 3.08. The second-order valence-corrected chi connectivity index (χ2v) is 10.7. The van der Waals surface area contributed by atoms with Gasteiger partial charge < -0.3 is 20.3 Å². The number of carbonyl (C=O) groups is 2. The molecule has 4 atom stereocenters. The molecule has 5 rings (SSSR count). The van der Waals surface area contributed by atoms with Crippen LogP contribution in [0.5, 0.6) is 0 Å². The van der Waals surface area contributed by atoms with E-state index < -0.39 is 17.4 Å². The molecule has 0 aliphatic carbocycles. The number of piperidine rings is 1. The van der Waals surface area contributed by atoms with Crippen LogP contribution in [0.1, 0.15) is 40.5 Å². The molecule has 6 nitrogen and oxygen atoms in total. The second kappa shape index (κ2) is 6.41. The van der Waals surface area contributed by atoms with Crippen LogP contribution < -0.4 is 15.5 Å². The number of hydrogen-bond donors (Lipinski definition) is 2. The van der Waals surface area contributed by atoms with E-state index in [0.29, 0.717) is 6.54 Å². The van der Waals surface area contributed by atoms with Crippen LogP contribution in [-0.2, 0) is 14.3 Å². The van der Waals surface area contributed by atoms with Gasteiger partial charge in [-0.2, -0.15) is 0 Å². The first-order valence-electron chi connectivity index (χ1n) is 10.9. The molecule has 2 amide bonds. The van der Waals surface area contributed by atoms with Crippen molar-refractivity contribution in [1.29, 1.82) is 0 Å². The van der Waals surface area contributed by atoms with E-state index in [1.807, 2.05) is 42.5 Å². The summed E-state index contributed by atoms with van der Waals surface area (Å²) >= 11 is 0. The van der Waals surface area contributed by atoms with Gasteiger partial charge in [0.05, 0.1) is 24.5 Å². The van der Waals surface area contributed by atoms with Gasteiger partial charge in [0.2, 0.25) is 11.8 Å². The molecular weight excluding hydrogens is 378 g/mol. The van der Waals surface area contributed by atoms with E-state index >= 15 is 0 Å². The lowest BCUT2D eigenvalue weighted by Crippen LogP contribution is -2.62. The van der Waals surface area contributed by atoms with Crippen molar-refractivity contribution in [3.63, 3.8) is 0 Å². The standard InChI is InChI=1S/C24H31N3O3/c1-22(2)12-15(13-23(3,4)26-22)25-20(28)18-17-10-11-24(30-17)14-27(21(29)19(18)24)16-8-6-5-7-9-16/h5-11,15,17-19,26H,12-14H2,1-4H3,(H,25,28)/t17-,18?,19?,24-/m1/s1. The molecule has 6 heteroatoms. The molecule has 30 heavy (non-hydrogen) atoms. The first-order valence-corrected chi connectivity index (χ1v) is 10.9. The molecule has 2 N–H and O–H groups in total. The average molecular weight is 410 g/mol. The number of carbonyl (C=O) groups excluding carboxylic acids is 2. The molecule has 2 bridgehead atoms. The zero-order valence-corrected chi connectivity index (χ0v) is 18.1. The van der Waals surface area contributed by atoms with Gasteiger partial charge in [0.15, 0.2) is 0 Å². The molecule has 3 saturated heterocycles. The highest BCUT2D eigenvalue weighted by atomic mass is 16.5. The van der Waals surface area contributed by atoms with Crippen LogP contribution >= 0.6 is 0 Å². The zero-order valence-electron chi connectivity index (χ0n) is 18.1. The van der Waals surface area contributed by atoms with Crippen molar-refractivity contribution < 1.29 is 14.3 Å². The van der Waals surface area contributed by atoms with Gasteiger partial charge in [0.1, 0.15) is 5.60 Å². The first kappa shape index (κ1) is 19.8. The molecular formula is C24H31N3O3. The van der Waals surface area contributed by atoms with Crippen LogP contribution in [0.2, 0.25) is 0 Å². The first-order chi connectivity index (χ1) is 14.1. The molecule has 0 radical (unpaired) electrons. The summed E-state index contributed by atoms with van der Waals surface area (Å²) in [6, 6.07) is 9.72. The van der Waals surface area contributed by atoms with E-state index in [1.54, 1.807) is 4.90 Å². The monoisotopic (exact) mass is 409 g/mol. The Morgan fingerprint density at radius 2 is 1.80 bits per heavy atom. The molecule has 160 valence electrons. The van der Waals surface area contributed by atoms with Crippen LogP contribution in [-0.4, -0.2) is 47.2 Å². The number of benzene rings is 1. The Kier molecular flexibility index (Phi) is 4.22. The van der Waals surface area contributed by atoms with E-state index in [2.05, 4.69) is 38.3 Å². The van der Waals surface area contributed by atoms with E-state index in [9.17, 15) is 9.59 Å². The summed E-state index contributed by atoms with van der Waals surface area (Å²) < 4.78 is 6.26. The van der Waals surface area contributed by atoms with Gasteiger partial charge in [0.25, 0.3) is 0 Å². The number of anilines is 1. The van der Waals surface area contributed by atoms with E-state index in [4.69, 9.17) is 4.74 Å². The maximum Gasteiger partial charge on any atom is 0.234 e. The van der Waals surface area contributed by atoms with Gasteiger partial charge in [-0.3, -0.25) is 9.59 Å². The lowest BCUT2D eigenvalue weighted by molar-refractivity contribution is -0.132. The minimum atomic E-state index is -0.688. The van der Waals surface area contributed by atoms with E-state index in [-0.39, 0.29) is 35.0 Å². The van der Waals surface area contributed by atoms with Crippen molar-refractivity contribution in [2.75, 3.05) is 11.4 Å². The minimum absolute atomic E-state index is 0.0147. The summed E-state index contributed by atoms with van der Waals surface area (Å²) in [7, 11) is 0. The Balaban J connectivity index is 1.37. The van der Waals surface area contributed by atoms with Crippen molar-refractivity contribution in [3.05, 3.63) is 42.5 Å². The number of para-hydroxylation sites is 1. The summed E-state index contributed by atoms with van der Waals surface area (Å²) in [4.78, 5) is 28.6. The molecule has 1 aromatic rings. The van der Waals surface area contributed by atoms with Crippen molar-refractivity contribution in [3.8, 4) is 0 Å². The van der Waals surface area contributed by atoms with Crippen molar-refractivity contribution in [2.24, 2.45) is 11.8 Å². The third-order valence-corrected chi connectivity index (χ3v) is 7.01. The Bertz CT molecular complexity index is 894. The lowest BCUT2D eigenvalue weighted by atomic mass is 9.75. The summed E-state index contributed by atoms with van der Waals surface area (Å²) in [5, 5.41) is 6.93. The summed E-state index contributed by atoms with van der Waals surface area (Å²) in [6.45, 7) is 9.14. The number of nitrogens with one attached hydrogen (secondary N) is 2. The molecule has 1 spiro atoms. The van der Waals surface area contributed by atoms with Gasteiger partial charge >= 0.3 is 0 Å². The topological polar surface area (TPSA) is 70.7 Å². The Morgan fingerprint density at radius 1 is 1.13 bits per heavy atom. The predicted molar refractivity (Wildman–Crippen MR) is 115 cm³/mol. The Labute approximate surface area is 178 Å². The van der Waals surface area contributed by atoms with Crippen molar-refractivity contribution in [1.82, 2.24) is 10.6 Å². The molecule has 4 aliphatic rings. The zero-order chi connectivity index (χ0) is 21.3. The van der Waals surface area contributed by atoms with Gasteiger partial charge in [-0.1, -0.05) is 30.4 Å². The quantitative estimate of drug-likeness (QED) is 0.752. The van der Waals surface area contributed by atoms with Crippen molar-refractivity contribution in [2.45, 2.75) is 69.4 Å². The van der Waals surface area contributed by atoms with Crippen LogP contribution in [0.15, 0.2) is 42.5 Å². The fourth-order valence-corrected chi connectivity index (χ4v) is 6.35. The minimum Gasteiger partial charge on any atom is -0.360 e. The molecule has 0 saturated carbocycles. The number of amides is 2. The number of hydrogen-bond acceptors (Lipinski definition) is 4. The lowest BCUT2D eigenvalue weighted by Gasteiger charge is -2.47. The van der Waals surface area contributed by atoms with Crippen molar-refractivity contribution >= 4 is 17.5 Å². The van der Waals surface area contributed by atoms with E-state index in [1.165, 1.54) is 0 Å². The van der Waals surface area contributed by atoms with E-state index in [0.717, 1.165) is 18.5 Å². The van der Waals surface area contributed by atoms with Crippen LogP contribution in [0, 0.1) is 11.8 Å². The summed E-state index contributed by atoms with van der Waals surface area (Å²) in [5.41, 5.74) is 0.0536. The van der Waals surface area contributed by atoms with Crippen LogP contribution in [0.3, 0.4) is 0 Å². The molecule has 3 fully saturated rings. The SMILES string of the molecule is CC1(C)CC(NC(=O)C2C3C(=O)N(c4ccccc4)C[C@]34C=C[C@H]2O4)CC(C)(C)N1. The maximum absolute atomic E-state index is 13.4. The fourth-order valence-electron chi connectivity index (χ4n) is 6.35.